The number of rotatable bonds is 3. The molecule has 7 nitrogen and oxygen atoms in total. The number of hydrogen-bond donors (Lipinski definition) is 1. The van der Waals surface area contributed by atoms with Gasteiger partial charge in [-0.25, -0.2) is 4.79 Å². The van der Waals surface area contributed by atoms with Gasteiger partial charge in [-0.1, -0.05) is 0 Å². The standard InChI is InChI=1S/C20H30N4O3/c1-22-9-5-16(14-22)24-15-20(6-4-18(24)25)7-10-23(11-8-20)19(26)21-13-17-3-2-12-27-17/h2-3,12,16H,4-11,13-15H2,1H3,(H,21,26)/t16-/m1/s1. The molecule has 1 atom stereocenters. The topological polar surface area (TPSA) is 69.0 Å². The number of hydrogen-bond acceptors (Lipinski definition) is 4. The van der Waals surface area contributed by atoms with Crippen molar-refractivity contribution in [2.24, 2.45) is 5.41 Å². The lowest BCUT2D eigenvalue weighted by molar-refractivity contribution is -0.141. The van der Waals surface area contributed by atoms with Crippen molar-refractivity contribution in [3.63, 3.8) is 0 Å². The zero-order valence-electron chi connectivity index (χ0n) is 16.2. The van der Waals surface area contributed by atoms with Gasteiger partial charge in [-0.15, -0.1) is 0 Å². The van der Waals surface area contributed by atoms with E-state index in [0.717, 1.165) is 64.2 Å². The minimum absolute atomic E-state index is 0.0255. The number of likely N-dealkylation sites (tertiary alicyclic amines) is 3. The number of carbonyl (C=O) groups is 2. The summed E-state index contributed by atoms with van der Waals surface area (Å²) in [6, 6.07) is 4.03. The monoisotopic (exact) mass is 374 g/mol. The van der Waals surface area contributed by atoms with Crippen LogP contribution in [0.2, 0.25) is 0 Å². The van der Waals surface area contributed by atoms with Crippen molar-refractivity contribution < 1.29 is 14.0 Å². The van der Waals surface area contributed by atoms with E-state index in [1.165, 1.54) is 0 Å². The molecule has 27 heavy (non-hydrogen) atoms. The lowest BCUT2D eigenvalue weighted by Gasteiger charge is -2.48. The largest absolute Gasteiger partial charge is 0.467 e. The number of nitrogens with zero attached hydrogens (tertiary/aromatic N) is 3. The first-order valence-corrected chi connectivity index (χ1v) is 10.1. The molecule has 1 N–H and O–H groups in total. The maximum absolute atomic E-state index is 12.5. The molecule has 148 valence electrons. The Balaban J connectivity index is 1.30. The van der Waals surface area contributed by atoms with Crippen LogP contribution in [-0.2, 0) is 11.3 Å². The van der Waals surface area contributed by atoms with Crippen LogP contribution in [0.5, 0.6) is 0 Å². The maximum Gasteiger partial charge on any atom is 0.317 e. The summed E-state index contributed by atoms with van der Waals surface area (Å²) in [5.74, 6) is 1.08. The average Bonchev–Trinajstić information content (AvgIpc) is 3.34. The van der Waals surface area contributed by atoms with E-state index < -0.39 is 0 Å². The molecule has 4 rings (SSSR count). The summed E-state index contributed by atoms with van der Waals surface area (Å²) in [6.45, 7) is 4.87. The summed E-state index contributed by atoms with van der Waals surface area (Å²) in [4.78, 5) is 31.3. The van der Waals surface area contributed by atoms with Gasteiger partial charge in [-0.05, 0) is 56.8 Å². The van der Waals surface area contributed by atoms with Crippen LogP contribution in [0.1, 0.15) is 37.9 Å². The molecule has 0 saturated carbocycles. The van der Waals surface area contributed by atoms with Crippen LogP contribution >= 0.6 is 0 Å². The van der Waals surface area contributed by atoms with Crippen LogP contribution in [0, 0.1) is 5.41 Å². The summed E-state index contributed by atoms with van der Waals surface area (Å²) in [5, 5.41) is 2.93. The van der Waals surface area contributed by atoms with Crippen molar-refractivity contribution in [2.75, 3.05) is 39.8 Å². The Kier molecular flexibility index (Phi) is 5.12. The molecule has 0 radical (unpaired) electrons. The third-order valence-electron chi connectivity index (χ3n) is 6.61. The zero-order chi connectivity index (χ0) is 18.9. The number of urea groups is 1. The smallest absolute Gasteiger partial charge is 0.317 e. The average molecular weight is 374 g/mol. The molecule has 1 aromatic rings. The molecule has 0 aliphatic carbocycles. The van der Waals surface area contributed by atoms with Crippen molar-refractivity contribution in [3.05, 3.63) is 24.2 Å². The lowest BCUT2D eigenvalue weighted by atomic mass is 9.72. The van der Waals surface area contributed by atoms with Gasteiger partial charge in [0.15, 0.2) is 0 Å². The second kappa shape index (κ2) is 7.54. The molecular weight excluding hydrogens is 344 g/mol. The summed E-state index contributed by atoms with van der Waals surface area (Å²) in [6.07, 6.45) is 6.28. The minimum Gasteiger partial charge on any atom is -0.467 e. The SMILES string of the molecule is CN1CC[C@@H](N2CC3(CCC2=O)CCN(C(=O)NCc2ccco2)CC3)C1. The zero-order valence-corrected chi connectivity index (χ0v) is 16.2. The van der Waals surface area contributed by atoms with Crippen LogP contribution in [0.4, 0.5) is 4.79 Å². The van der Waals surface area contributed by atoms with Crippen molar-refractivity contribution in [1.29, 1.82) is 0 Å². The number of likely N-dealkylation sites (N-methyl/N-ethyl adjacent to an activating group) is 1. The number of amides is 3. The predicted molar refractivity (Wildman–Crippen MR) is 101 cm³/mol. The third kappa shape index (κ3) is 3.98. The number of carbonyl (C=O) groups excluding carboxylic acids is 2. The minimum atomic E-state index is -0.0255. The van der Waals surface area contributed by atoms with E-state index in [1.807, 2.05) is 17.0 Å². The highest BCUT2D eigenvalue weighted by atomic mass is 16.3. The molecule has 4 heterocycles. The Labute approximate surface area is 160 Å². The van der Waals surface area contributed by atoms with Crippen LogP contribution in [0.15, 0.2) is 22.8 Å². The highest BCUT2D eigenvalue weighted by Gasteiger charge is 2.44. The van der Waals surface area contributed by atoms with Crippen molar-refractivity contribution in [1.82, 2.24) is 20.0 Å². The Morgan fingerprint density at radius 2 is 2.11 bits per heavy atom. The first-order chi connectivity index (χ1) is 13.0. The van der Waals surface area contributed by atoms with E-state index in [2.05, 4.69) is 22.2 Å². The Morgan fingerprint density at radius 3 is 2.78 bits per heavy atom. The van der Waals surface area contributed by atoms with Gasteiger partial charge in [0, 0.05) is 38.6 Å². The van der Waals surface area contributed by atoms with Gasteiger partial charge in [-0.3, -0.25) is 4.79 Å². The summed E-state index contributed by atoms with van der Waals surface area (Å²) in [7, 11) is 2.13. The third-order valence-corrected chi connectivity index (χ3v) is 6.61. The van der Waals surface area contributed by atoms with Gasteiger partial charge < -0.3 is 24.4 Å². The second-order valence-corrected chi connectivity index (χ2v) is 8.45. The van der Waals surface area contributed by atoms with Gasteiger partial charge in [0.05, 0.1) is 12.8 Å². The summed E-state index contributed by atoms with van der Waals surface area (Å²) < 4.78 is 5.27. The predicted octanol–water partition coefficient (Wildman–Crippen LogP) is 1.90. The van der Waals surface area contributed by atoms with Gasteiger partial charge in [0.2, 0.25) is 5.91 Å². The van der Waals surface area contributed by atoms with Gasteiger partial charge in [0.25, 0.3) is 0 Å². The fourth-order valence-electron chi connectivity index (χ4n) is 4.82. The number of nitrogens with one attached hydrogen (secondary N) is 1. The highest BCUT2D eigenvalue weighted by Crippen LogP contribution is 2.41. The quantitative estimate of drug-likeness (QED) is 0.877. The van der Waals surface area contributed by atoms with E-state index >= 15 is 0 Å². The number of piperidine rings is 2. The van der Waals surface area contributed by atoms with Crippen LogP contribution in [0.3, 0.4) is 0 Å². The van der Waals surface area contributed by atoms with Crippen molar-refractivity contribution >= 4 is 11.9 Å². The molecule has 0 unspecified atom stereocenters. The molecule has 3 aliphatic rings. The first-order valence-electron chi connectivity index (χ1n) is 10.1. The lowest BCUT2D eigenvalue weighted by Crippen LogP contribution is -2.56. The molecule has 3 aliphatic heterocycles. The van der Waals surface area contributed by atoms with Crippen LogP contribution < -0.4 is 5.32 Å². The molecule has 3 fully saturated rings. The normalized spacial score (nSPS) is 26.0. The van der Waals surface area contributed by atoms with E-state index in [-0.39, 0.29) is 11.4 Å². The molecule has 1 spiro atoms. The first kappa shape index (κ1) is 18.3. The van der Waals surface area contributed by atoms with Gasteiger partial charge in [-0.2, -0.15) is 0 Å². The molecule has 3 saturated heterocycles. The van der Waals surface area contributed by atoms with Gasteiger partial charge >= 0.3 is 6.03 Å². The fourth-order valence-corrected chi connectivity index (χ4v) is 4.82. The van der Waals surface area contributed by atoms with E-state index in [0.29, 0.717) is 24.9 Å². The fraction of sp³-hybridized carbons (Fsp3) is 0.700. The number of furan rings is 1. The van der Waals surface area contributed by atoms with Crippen LogP contribution in [0.25, 0.3) is 0 Å². The molecule has 1 aromatic heterocycles. The Bertz CT molecular complexity index is 667. The van der Waals surface area contributed by atoms with Crippen molar-refractivity contribution in [3.8, 4) is 0 Å². The summed E-state index contributed by atoms with van der Waals surface area (Å²) >= 11 is 0. The Morgan fingerprint density at radius 1 is 1.30 bits per heavy atom. The molecular formula is C20H30N4O3. The molecule has 7 heteroatoms. The van der Waals surface area contributed by atoms with E-state index in [9.17, 15) is 9.59 Å². The molecule has 0 bridgehead atoms. The highest BCUT2D eigenvalue weighted by molar-refractivity contribution is 5.78. The summed E-state index contributed by atoms with van der Waals surface area (Å²) in [5.41, 5.74) is 0.187. The Hall–Kier alpha value is -2.02. The second-order valence-electron chi connectivity index (χ2n) is 8.45. The van der Waals surface area contributed by atoms with E-state index in [1.54, 1.807) is 6.26 Å². The van der Waals surface area contributed by atoms with Gasteiger partial charge in [0.1, 0.15) is 5.76 Å². The molecule has 0 aromatic carbocycles. The van der Waals surface area contributed by atoms with E-state index in [4.69, 9.17) is 4.42 Å². The molecule has 3 amide bonds. The maximum atomic E-state index is 12.5. The van der Waals surface area contributed by atoms with Crippen molar-refractivity contribution in [2.45, 2.75) is 44.7 Å². The van der Waals surface area contributed by atoms with Crippen LogP contribution in [-0.4, -0.2) is 72.5 Å².